The third-order valence-electron chi connectivity index (χ3n) is 2.94. The molecule has 0 aliphatic heterocycles. The Bertz CT molecular complexity index is 703. The Balaban J connectivity index is 2.18. The maximum Gasteiger partial charge on any atom is 0.242 e. The van der Waals surface area contributed by atoms with Crippen molar-refractivity contribution >= 4 is 21.4 Å². The largest absolute Gasteiger partial charge is 0.263 e. The van der Waals surface area contributed by atoms with Gasteiger partial charge in [-0.05, 0) is 19.1 Å². The molecule has 0 saturated heterocycles. The fraction of sp³-hybridized carbons (Fsp3) is 0.429. The zero-order valence-electron chi connectivity index (χ0n) is 12.5. The van der Waals surface area contributed by atoms with E-state index in [9.17, 15) is 8.42 Å². The van der Waals surface area contributed by atoms with Crippen LogP contribution in [0.15, 0.2) is 34.8 Å². The number of thiazole rings is 1. The number of rotatable bonds is 4. The zero-order chi connectivity index (χ0) is 15.7. The van der Waals surface area contributed by atoms with Crippen LogP contribution in [0.3, 0.4) is 0 Å². The summed E-state index contributed by atoms with van der Waals surface area (Å²) >= 11 is 1.47. The summed E-state index contributed by atoms with van der Waals surface area (Å²) in [5.41, 5.74) is 0.923. The van der Waals surface area contributed by atoms with E-state index in [1.807, 2.05) is 5.38 Å². The minimum absolute atomic E-state index is 0.0449. The molecule has 0 aromatic carbocycles. The van der Waals surface area contributed by atoms with Gasteiger partial charge in [0, 0.05) is 23.2 Å². The van der Waals surface area contributed by atoms with E-state index >= 15 is 0 Å². The van der Waals surface area contributed by atoms with Gasteiger partial charge in [0.1, 0.15) is 9.90 Å². The van der Waals surface area contributed by atoms with Crippen LogP contribution in [0.25, 0.3) is 0 Å². The van der Waals surface area contributed by atoms with Crippen LogP contribution in [-0.2, 0) is 15.4 Å². The predicted octanol–water partition coefficient (Wildman–Crippen LogP) is 2.88. The van der Waals surface area contributed by atoms with E-state index < -0.39 is 10.0 Å². The first kappa shape index (κ1) is 16.1. The van der Waals surface area contributed by atoms with Crippen molar-refractivity contribution in [1.82, 2.24) is 14.7 Å². The maximum atomic E-state index is 12.2. The van der Waals surface area contributed by atoms with Crippen LogP contribution in [0, 0.1) is 0 Å². The van der Waals surface area contributed by atoms with E-state index in [4.69, 9.17) is 0 Å². The van der Waals surface area contributed by atoms with Gasteiger partial charge in [-0.25, -0.2) is 18.1 Å². The van der Waals surface area contributed by atoms with Crippen molar-refractivity contribution in [2.24, 2.45) is 0 Å². The Kier molecular flexibility index (Phi) is 4.46. The molecule has 0 radical (unpaired) electrons. The lowest BCUT2D eigenvalue weighted by molar-refractivity contribution is 0.556. The molecule has 2 aromatic heterocycles. The van der Waals surface area contributed by atoms with Crippen molar-refractivity contribution in [3.8, 4) is 0 Å². The molecule has 1 atom stereocenters. The molecule has 114 valence electrons. The van der Waals surface area contributed by atoms with E-state index in [0.717, 1.165) is 10.7 Å². The average molecular weight is 325 g/mol. The van der Waals surface area contributed by atoms with Crippen LogP contribution in [-0.4, -0.2) is 18.4 Å². The summed E-state index contributed by atoms with van der Waals surface area (Å²) in [7, 11) is -3.58. The summed E-state index contributed by atoms with van der Waals surface area (Å²) in [4.78, 5) is 8.53. The Morgan fingerprint density at radius 3 is 2.57 bits per heavy atom. The number of sulfonamides is 1. The molecule has 0 aliphatic carbocycles. The lowest BCUT2D eigenvalue weighted by Gasteiger charge is -2.15. The predicted molar refractivity (Wildman–Crippen MR) is 83.8 cm³/mol. The van der Waals surface area contributed by atoms with Gasteiger partial charge >= 0.3 is 0 Å². The van der Waals surface area contributed by atoms with E-state index in [1.54, 1.807) is 19.2 Å². The molecular weight excluding hydrogens is 306 g/mol. The molecule has 2 aromatic rings. The van der Waals surface area contributed by atoms with Crippen molar-refractivity contribution < 1.29 is 8.42 Å². The Morgan fingerprint density at radius 1 is 1.33 bits per heavy atom. The average Bonchev–Trinajstić information content (AvgIpc) is 2.89. The molecule has 2 rings (SSSR count). The Morgan fingerprint density at radius 2 is 2.05 bits per heavy atom. The second kappa shape index (κ2) is 5.82. The smallest absolute Gasteiger partial charge is 0.242 e. The van der Waals surface area contributed by atoms with Gasteiger partial charge in [0.25, 0.3) is 0 Å². The highest BCUT2D eigenvalue weighted by molar-refractivity contribution is 7.89. The summed E-state index contributed by atoms with van der Waals surface area (Å²) in [5.74, 6) is 0. The van der Waals surface area contributed by atoms with Gasteiger partial charge < -0.3 is 0 Å². The molecule has 2 heterocycles. The van der Waals surface area contributed by atoms with Gasteiger partial charge in [-0.2, -0.15) is 0 Å². The van der Waals surface area contributed by atoms with E-state index in [1.165, 1.54) is 23.6 Å². The highest BCUT2D eigenvalue weighted by Gasteiger charge is 2.23. The van der Waals surface area contributed by atoms with Gasteiger partial charge in [0.05, 0.1) is 11.7 Å². The summed E-state index contributed by atoms with van der Waals surface area (Å²) in [6, 6.07) is 2.74. The molecule has 7 heteroatoms. The zero-order valence-corrected chi connectivity index (χ0v) is 14.1. The summed E-state index contributed by atoms with van der Waals surface area (Å²) in [6.45, 7) is 8.03. The third kappa shape index (κ3) is 3.87. The highest BCUT2D eigenvalue weighted by atomic mass is 32.2. The number of hydrogen-bond acceptors (Lipinski definition) is 5. The molecule has 0 spiro atoms. The fourth-order valence-corrected chi connectivity index (χ4v) is 3.99. The highest BCUT2D eigenvalue weighted by Crippen LogP contribution is 2.27. The summed E-state index contributed by atoms with van der Waals surface area (Å²) < 4.78 is 27.1. The van der Waals surface area contributed by atoms with Crippen LogP contribution in [0.1, 0.15) is 44.4 Å². The van der Waals surface area contributed by atoms with Crippen LogP contribution < -0.4 is 4.72 Å². The Hall–Kier alpha value is -1.31. The molecular formula is C14H19N3O2S2. The summed E-state index contributed by atoms with van der Waals surface area (Å²) in [6.07, 6.45) is 2.87. The van der Waals surface area contributed by atoms with Crippen LogP contribution >= 0.6 is 11.3 Å². The fourth-order valence-electron chi connectivity index (χ4n) is 1.69. The first-order valence-electron chi connectivity index (χ1n) is 6.58. The molecule has 21 heavy (non-hydrogen) atoms. The number of aromatic nitrogens is 2. The molecule has 0 unspecified atom stereocenters. The number of nitrogens with one attached hydrogen (secondary N) is 1. The van der Waals surface area contributed by atoms with Gasteiger partial charge in [-0.1, -0.05) is 20.8 Å². The second-order valence-electron chi connectivity index (χ2n) is 5.85. The Labute approximate surface area is 129 Å². The molecule has 0 bridgehead atoms. The molecule has 5 nitrogen and oxygen atoms in total. The van der Waals surface area contributed by atoms with E-state index in [0.29, 0.717) is 0 Å². The summed E-state index contributed by atoms with van der Waals surface area (Å²) in [5, 5.41) is 2.73. The quantitative estimate of drug-likeness (QED) is 0.938. The van der Waals surface area contributed by atoms with Crippen molar-refractivity contribution in [2.75, 3.05) is 0 Å². The van der Waals surface area contributed by atoms with Crippen molar-refractivity contribution in [3.05, 3.63) is 40.6 Å². The lowest BCUT2D eigenvalue weighted by atomic mass is 9.93. The second-order valence-corrected chi connectivity index (χ2v) is 8.46. The lowest BCUT2D eigenvalue weighted by Crippen LogP contribution is -2.27. The van der Waals surface area contributed by atoms with Gasteiger partial charge in [0.2, 0.25) is 10.0 Å². The first-order chi connectivity index (χ1) is 9.70. The van der Waals surface area contributed by atoms with Crippen molar-refractivity contribution in [3.63, 3.8) is 0 Å². The third-order valence-corrected chi connectivity index (χ3v) is 5.49. The minimum atomic E-state index is -3.58. The molecule has 0 saturated carbocycles. The topological polar surface area (TPSA) is 72.0 Å². The monoisotopic (exact) mass is 325 g/mol. The standard InChI is InChI=1S/C14H19N3O2S2/c1-10(13-16-12(9-20-13)14(2,3)4)17-21(18,19)11-6-5-7-15-8-11/h5-10,17H,1-4H3/t10-/m1/s1. The SMILES string of the molecule is C[C@@H](NS(=O)(=O)c1cccnc1)c1nc(C(C)(C)C)cs1. The van der Waals surface area contributed by atoms with Crippen LogP contribution in [0.4, 0.5) is 0 Å². The minimum Gasteiger partial charge on any atom is -0.263 e. The first-order valence-corrected chi connectivity index (χ1v) is 8.95. The molecule has 0 amide bonds. The van der Waals surface area contributed by atoms with Crippen LogP contribution in [0.2, 0.25) is 0 Å². The molecule has 0 fully saturated rings. The number of hydrogen-bond donors (Lipinski definition) is 1. The normalized spacial score (nSPS) is 14.1. The number of pyridine rings is 1. The van der Waals surface area contributed by atoms with Gasteiger partial charge in [0.15, 0.2) is 0 Å². The van der Waals surface area contributed by atoms with Gasteiger partial charge in [-0.3, -0.25) is 4.98 Å². The van der Waals surface area contributed by atoms with Crippen molar-refractivity contribution in [2.45, 2.75) is 44.0 Å². The van der Waals surface area contributed by atoms with Crippen molar-refractivity contribution in [1.29, 1.82) is 0 Å². The molecule has 0 aliphatic rings. The van der Waals surface area contributed by atoms with Gasteiger partial charge in [-0.15, -0.1) is 11.3 Å². The molecule has 1 N–H and O–H groups in total. The maximum absolute atomic E-state index is 12.2. The van der Waals surface area contributed by atoms with E-state index in [2.05, 4.69) is 35.5 Å². The van der Waals surface area contributed by atoms with E-state index in [-0.39, 0.29) is 16.4 Å². The number of nitrogens with zero attached hydrogens (tertiary/aromatic N) is 2. The van der Waals surface area contributed by atoms with Crippen LogP contribution in [0.5, 0.6) is 0 Å².